The average Bonchev–Trinajstić information content (AvgIpc) is 2.69. The number of amides is 1. The maximum atomic E-state index is 13.1. The van der Waals surface area contributed by atoms with Gasteiger partial charge < -0.3 is 10.4 Å². The fourth-order valence-corrected chi connectivity index (χ4v) is 2.94. The van der Waals surface area contributed by atoms with Crippen LogP contribution in [0.5, 0.6) is 0 Å². The van der Waals surface area contributed by atoms with Gasteiger partial charge in [-0.2, -0.15) is 13.2 Å². The number of carbonyl (C=O) groups excluding carboxylic acids is 1. The number of carbonyl (C=O) groups is 2. The van der Waals surface area contributed by atoms with Gasteiger partial charge >= 0.3 is 12.1 Å². The highest BCUT2D eigenvalue weighted by Crippen LogP contribution is 2.46. The number of carboxylic acids is 1. The van der Waals surface area contributed by atoms with E-state index in [4.69, 9.17) is 5.11 Å². The van der Waals surface area contributed by atoms with Crippen molar-refractivity contribution in [1.29, 1.82) is 0 Å². The molecule has 2 aliphatic rings. The number of carboxylic acid groups (broad SMARTS) is 1. The Morgan fingerprint density at radius 3 is 2.70 bits per heavy atom. The highest BCUT2D eigenvalue weighted by atomic mass is 19.4. The van der Waals surface area contributed by atoms with E-state index in [0.29, 0.717) is 19.4 Å². The quantitative estimate of drug-likeness (QED) is 0.797. The fraction of sp³-hybridized carbons (Fsp3) is 0.833. The monoisotopic (exact) mass is 294 g/mol. The molecule has 2 unspecified atom stereocenters. The van der Waals surface area contributed by atoms with Crippen LogP contribution in [0, 0.1) is 5.41 Å². The van der Waals surface area contributed by atoms with Crippen molar-refractivity contribution >= 4 is 11.9 Å². The third kappa shape index (κ3) is 2.61. The number of hydrogen-bond donors (Lipinski definition) is 2. The van der Waals surface area contributed by atoms with Crippen molar-refractivity contribution in [2.24, 2.45) is 5.41 Å². The van der Waals surface area contributed by atoms with E-state index < -0.39 is 30.5 Å². The first kappa shape index (κ1) is 15.1. The second kappa shape index (κ2) is 5.23. The number of rotatable bonds is 2. The minimum absolute atomic E-state index is 0.0593. The van der Waals surface area contributed by atoms with Crippen LogP contribution in [0.1, 0.15) is 25.7 Å². The van der Waals surface area contributed by atoms with Crippen LogP contribution in [0.15, 0.2) is 0 Å². The lowest BCUT2D eigenvalue weighted by Crippen LogP contribution is -2.48. The number of hydrogen-bond acceptors (Lipinski definition) is 3. The van der Waals surface area contributed by atoms with Crippen LogP contribution in [0.4, 0.5) is 13.2 Å². The molecular weight excluding hydrogens is 277 g/mol. The standard InChI is InChI=1S/C12H17F3N2O3/c13-12(14,15)11(10(19)20)3-5-17(7-11)8-2-1-4-16-9(18)6-8/h8H,1-7H2,(H,16,18)(H,19,20). The molecule has 0 radical (unpaired) electrons. The molecule has 2 aliphatic heterocycles. The molecule has 0 aromatic carbocycles. The van der Waals surface area contributed by atoms with Crippen molar-refractivity contribution in [2.75, 3.05) is 19.6 Å². The number of aliphatic carboxylic acids is 1. The molecule has 0 saturated carbocycles. The maximum Gasteiger partial charge on any atom is 0.406 e. The Labute approximate surface area is 114 Å². The average molecular weight is 294 g/mol. The summed E-state index contributed by atoms with van der Waals surface area (Å²) in [6, 6.07) is -0.305. The Bertz CT molecular complexity index is 413. The van der Waals surface area contributed by atoms with E-state index in [9.17, 15) is 22.8 Å². The highest BCUT2D eigenvalue weighted by molar-refractivity contribution is 5.77. The molecule has 0 spiro atoms. The van der Waals surface area contributed by atoms with Gasteiger partial charge in [0, 0.05) is 25.6 Å². The van der Waals surface area contributed by atoms with E-state index >= 15 is 0 Å². The zero-order chi connectivity index (χ0) is 15.0. The van der Waals surface area contributed by atoms with Gasteiger partial charge in [-0.1, -0.05) is 0 Å². The van der Waals surface area contributed by atoms with Crippen LogP contribution in [0.2, 0.25) is 0 Å². The molecule has 1 amide bonds. The zero-order valence-electron chi connectivity index (χ0n) is 10.9. The van der Waals surface area contributed by atoms with E-state index in [1.165, 1.54) is 4.90 Å². The maximum absolute atomic E-state index is 13.1. The van der Waals surface area contributed by atoms with Crippen molar-refractivity contribution in [3.63, 3.8) is 0 Å². The first-order chi connectivity index (χ1) is 9.26. The lowest BCUT2D eigenvalue weighted by molar-refractivity contribution is -0.227. The Hall–Kier alpha value is -1.31. The molecule has 8 heteroatoms. The van der Waals surface area contributed by atoms with Crippen molar-refractivity contribution in [2.45, 2.75) is 37.9 Å². The van der Waals surface area contributed by atoms with Crippen molar-refractivity contribution in [3.05, 3.63) is 0 Å². The molecule has 20 heavy (non-hydrogen) atoms. The SMILES string of the molecule is O=C1CC(N2CCC(C(=O)O)(C(F)(F)F)C2)CCCN1. The molecule has 2 N–H and O–H groups in total. The third-order valence-corrected chi connectivity index (χ3v) is 4.22. The number of halogens is 3. The van der Waals surface area contributed by atoms with E-state index in [-0.39, 0.29) is 24.9 Å². The number of nitrogens with zero attached hydrogens (tertiary/aromatic N) is 1. The van der Waals surface area contributed by atoms with Crippen molar-refractivity contribution in [1.82, 2.24) is 10.2 Å². The largest absolute Gasteiger partial charge is 0.481 e. The van der Waals surface area contributed by atoms with Crippen LogP contribution >= 0.6 is 0 Å². The van der Waals surface area contributed by atoms with E-state index in [1.54, 1.807) is 0 Å². The number of alkyl halides is 3. The molecular formula is C12H17F3N2O3. The zero-order valence-corrected chi connectivity index (χ0v) is 10.9. The molecule has 0 bridgehead atoms. The second-order valence-corrected chi connectivity index (χ2v) is 5.46. The Balaban J connectivity index is 2.14. The summed E-state index contributed by atoms with van der Waals surface area (Å²) in [5, 5.41) is 11.7. The van der Waals surface area contributed by atoms with Gasteiger partial charge in [0.2, 0.25) is 5.91 Å². The molecule has 114 valence electrons. The van der Waals surface area contributed by atoms with Crippen molar-refractivity contribution in [3.8, 4) is 0 Å². The van der Waals surface area contributed by atoms with E-state index in [0.717, 1.165) is 0 Å². The first-order valence-corrected chi connectivity index (χ1v) is 6.57. The van der Waals surface area contributed by atoms with Gasteiger partial charge in [0.1, 0.15) is 0 Å². The number of likely N-dealkylation sites (tertiary alicyclic amines) is 1. The molecule has 2 heterocycles. The van der Waals surface area contributed by atoms with Gasteiger partial charge in [0.05, 0.1) is 0 Å². The molecule has 2 rings (SSSR count). The lowest BCUT2D eigenvalue weighted by Gasteiger charge is -2.30. The molecule has 2 saturated heterocycles. The van der Waals surface area contributed by atoms with Gasteiger partial charge in [-0.25, -0.2) is 0 Å². The predicted octanol–water partition coefficient (Wildman–Crippen LogP) is 0.994. The normalized spacial score (nSPS) is 32.8. The minimum Gasteiger partial charge on any atom is -0.481 e. The van der Waals surface area contributed by atoms with Gasteiger partial charge in [-0.05, 0) is 25.8 Å². The highest BCUT2D eigenvalue weighted by Gasteiger charge is 2.64. The summed E-state index contributed by atoms with van der Waals surface area (Å²) in [6.07, 6.45) is -3.80. The predicted molar refractivity (Wildman–Crippen MR) is 63.0 cm³/mol. The van der Waals surface area contributed by atoms with Crippen LogP contribution in [-0.4, -0.2) is 53.7 Å². The summed E-state index contributed by atoms with van der Waals surface area (Å²) < 4.78 is 39.2. The summed E-state index contributed by atoms with van der Waals surface area (Å²) in [5.41, 5.74) is -2.70. The first-order valence-electron chi connectivity index (χ1n) is 6.57. The molecule has 0 aliphatic carbocycles. The van der Waals surface area contributed by atoms with Crippen LogP contribution in [-0.2, 0) is 9.59 Å². The van der Waals surface area contributed by atoms with Crippen LogP contribution in [0.25, 0.3) is 0 Å². The smallest absolute Gasteiger partial charge is 0.406 e. The van der Waals surface area contributed by atoms with Gasteiger partial charge in [0.15, 0.2) is 5.41 Å². The van der Waals surface area contributed by atoms with Gasteiger partial charge in [-0.3, -0.25) is 14.5 Å². The van der Waals surface area contributed by atoms with E-state index in [1.807, 2.05) is 0 Å². The fourth-order valence-electron chi connectivity index (χ4n) is 2.94. The Morgan fingerprint density at radius 2 is 2.15 bits per heavy atom. The summed E-state index contributed by atoms with van der Waals surface area (Å²) in [7, 11) is 0. The van der Waals surface area contributed by atoms with Gasteiger partial charge in [0.25, 0.3) is 0 Å². The molecule has 0 aromatic heterocycles. The third-order valence-electron chi connectivity index (χ3n) is 4.22. The summed E-state index contributed by atoms with van der Waals surface area (Å²) in [5.74, 6) is -2.02. The van der Waals surface area contributed by atoms with E-state index in [2.05, 4.69) is 5.32 Å². The summed E-state index contributed by atoms with van der Waals surface area (Å²) >= 11 is 0. The van der Waals surface area contributed by atoms with Crippen molar-refractivity contribution < 1.29 is 27.9 Å². The number of nitrogens with one attached hydrogen (secondary N) is 1. The minimum atomic E-state index is -4.78. The Kier molecular flexibility index (Phi) is 3.95. The van der Waals surface area contributed by atoms with Crippen LogP contribution in [0.3, 0.4) is 0 Å². The molecule has 0 aromatic rings. The molecule has 2 atom stereocenters. The summed E-state index contributed by atoms with van der Waals surface area (Å²) in [4.78, 5) is 24.1. The van der Waals surface area contributed by atoms with Gasteiger partial charge in [-0.15, -0.1) is 0 Å². The van der Waals surface area contributed by atoms with Crippen LogP contribution < -0.4 is 5.32 Å². The lowest BCUT2D eigenvalue weighted by atomic mass is 9.86. The second-order valence-electron chi connectivity index (χ2n) is 5.46. The Morgan fingerprint density at radius 1 is 1.45 bits per heavy atom. The molecule has 5 nitrogen and oxygen atoms in total. The molecule has 2 fully saturated rings. The summed E-state index contributed by atoms with van der Waals surface area (Å²) in [6.45, 7) is 0.0139. The topological polar surface area (TPSA) is 69.6 Å².